The van der Waals surface area contributed by atoms with Crippen molar-refractivity contribution < 1.29 is 18.4 Å². The van der Waals surface area contributed by atoms with Crippen LogP contribution in [0.2, 0.25) is 0 Å². The van der Waals surface area contributed by atoms with Gasteiger partial charge in [0.2, 0.25) is 0 Å². The monoisotopic (exact) mass is 569 g/mol. The molecule has 5 aromatic rings. The van der Waals surface area contributed by atoms with Gasteiger partial charge >= 0.3 is 0 Å². The van der Waals surface area contributed by atoms with Gasteiger partial charge in [0, 0.05) is 49.5 Å². The van der Waals surface area contributed by atoms with E-state index in [0.29, 0.717) is 40.1 Å². The van der Waals surface area contributed by atoms with Gasteiger partial charge in [0.1, 0.15) is 17.3 Å². The zero-order valence-corrected chi connectivity index (χ0v) is 22.9. The van der Waals surface area contributed by atoms with E-state index in [1.807, 2.05) is 24.3 Å². The molecule has 42 heavy (non-hydrogen) atoms. The molecule has 3 aromatic carbocycles. The smallest absolute Gasteiger partial charge is 0.272 e. The molecule has 4 N–H and O–H groups in total. The summed E-state index contributed by atoms with van der Waals surface area (Å²) in [6, 6.07) is 17.7. The Balaban J connectivity index is 1.28. The number of anilines is 3. The van der Waals surface area contributed by atoms with Crippen LogP contribution in [0.4, 0.5) is 26.0 Å². The molecule has 1 aliphatic heterocycles. The molecule has 2 aromatic heterocycles. The molecule has 0 saturated carbocycles. The van der Waals surface area contributed by atoms with Gasteiger partial charge in [0.25, 0.3) is 11.8 Å². The maximum Gasteiger partial charge on any atom is 0.272 e. The first-order valence-electron chi connectivity index (χ1n) is 13.6. The lowest BCUT2D eigenvalue weighted by molar-refractivity contribution is 0.102. The number of halogens is 2. The minimum Gasteiger partial charge on any atom is -0.369 e. The fourth-order valence-electron chi connectivity index (χ4n) is 5.15. The van der Waals surface area contributed by atoms with Crippen molar-refractivity contribution in [2.75, 3.05) is 48.8 Å². The van der Waals surface area contributed by atoms with Gasteiger partial charge in [-0.25, -0.2) is 8.78 Å². The van der Waals surface area contributed by atoms with Crippen molar-refractivity contribution in [3.05, 3.63) is 107 Å². The average molecular weight is 570 g/mol. The lowest BCUT2D eigenvalue weighted by atomic mass is 10.0. The van der Waals surface area contributed by atoms with E-state index in [1.165, 1.54) is 12.1 Å². The van der Waals surface area contributed by atoms with Crippen LogP contribution >= 0.6 is 0 Å². The Bertz CT molecular complexity index is 1740. The van der Waals surface area contributed by atoms with Gasteiger partial charge in [-0.1, -0.05) is 6.07 Å². The molecule has 1 aliphatic rings. The molecule has 0 aliphatic carbocycles. The normalized spacial score (nSPS) is 13.8. The zero-order valence-electron chi connectivity index (χ0n) is 22.9. The first-order valence-corrected chi connectivity index (χ1v) is 13.6. The number of hydrogen-bond donors (Lipinski definition) is 4. The largest absolute Gasteiger partial charge is 0.369 e. The first kappa shape index (κ1) is 27.2. The SMILES string of the molecule is CN1CCN(c2ccc(C(=O)Nc3n[nH]c4ccc(Cc5cc(F)cc(F)c5)cc34)c(NC(=O)c3ccc[nH]3)c2)CC1. The van der Waals surface area contributed by atoms with Crippen LogP contribution in [0, 0.1) is 11.6 Å². The molecule has 1 fully saturated rings. The number of aromatic amines is 2. The molecule has 0 spiro atoms. The van der Waals surface area contributed by atoms with Crippen molar-refractivity contribution in [2.24, 2.45) is 0 Å². The number of fused-ring (bicyclic) bond motifs is 1. The van der Waals surface area contributed by atoms with Crippen molar-refractivity contribution >= 4 is 39.9 Å². The molecule has 1 saturated heterocycles. The molecule has 3 heterocycles. The average Bonchev–Trinajstić information content (AvgIpc) is 3.64. The van der Waals surface area contributed by atoms with Gasteiger partial charge < -0.3 is 25.4 Å². The second-order valence-electron chi connectivity index (χ2n) is 10.4. The Kier molecular flexibility index (Phi) is 7.41. The van der Waals surface area contributed by atoms with Crippen molar-refractivity contribution in [2.45, 2.75) is 6.42 Å². The van der Waals surface area contributed by atoms with Crippen LogP contribution < -0.4 is 15.5 Å². The number of carbonyl (C=O) groups excluding carboxylic acids is 2. The Hall–Kier alpha value is -5.03. The zero-order chi connectivity index (χ0) is 29.2. The van der Waals surface area contributed by atoms with Crippen molar-refractivity contribution in [1.29, 1.82) is 0 Å². The molecule has 6 rings (SSSR count). The number of amides is 2. The Labute approximate surface area is 240 Å². The summed E-state index contributed by atoms with van der Waals surface area (Å²) in [6.45, 7) is 3.48. The quantitative estimate of drug-likeness (QED) is 0.220. The fourth-order valence-corrected chi connectivity index (χ4v) is 5.15. The fraction of sp³-hybridized carbons (Fsp3) is 0.194. The highest BCUT2D eigenvalue weighted by Gasteiger charge is 2.21. The highest BCUT2D eigenvalue weighted by atomic mass is 19.1. The number of likely N-dealkylation sites (N-methyl/N-ethyl adjacent to an activating group) is 1. The van der Waals surface area contributed by atoms with E-state index >= 15 is 0 Å². The number of benzene rings is 3. The summed E-state index contributed by atoms with van der Waals surface area (Å²) in [7, 11) is 2.08. The van der Waals surface area contributed by atoms with Gasteiger partial charge in [0.05, 0.1) is 16.8 Å². The molecular weight excluding hydrogens is 540 g/mol. The number of rotatable bonds is 7. The third-order valence-electron chi connectivity index (χ3n) is 7.40. The van der Waals surface area contributed by atoms with Crippen LogP contribution in [0.5, 0.6) is 0 Å². The predicted octanol–water partition coefficient (Wildman–Crippen LogP) is 5.02. The van der Waals surface area contributed by atoms with Crippen LogP contribution in [0.25, 0.3) is 10.9 Å². The van der Waals surface area contributed by atoms with Crippen molar-refractivity contribution in [3.63, 3.8) is 0 Å². The number of aromatic nitrogens is 3. The number of nitrogens with one attached hydrogen (secondary N) is 4. The summed E-state index contributed by atoms with van der Waals surface area (Å²) in [5.74, 6) is -1.80. The second kappa shape index (κ2) is 11.5. The van der Waals surface area contributed by atoms with Crippen LogP contribution in [0.3, 0.4) is 0 Å². The summed E-state index contributed by atoms with van der Waals surface area (Å²) < 4.78 is 27.4. The highest BCUT2D eigenvalue weighted by molar-refractivity contribution is 6.14. The van der Waals surface area contributed by atoms with Crippen molar-refractivity contribution in [3.8, 4) is 0 Å². The summed E-state index contributed by atoms with van der Waals surface area (Å²) >= 11 is 0. The molecule has 9 nitrogen and oxygen atoms in total. The van der Waals surface area contributed by atoms with Crippen LogP contribution in [-0.2, 0) is 6.42 Å². The molecule has 214 valence electrons. The Morgan fingerprint density at radius 2 is 1.67 bits per heavy atom. The van der Waals surface area contributed by atoms with Crippen molar-refractivity contribution in [1.82, 2.24) is 20.1 Å². The predicted molar refractivity (Wildman–Crippen MR) is 158 cm³/mol. The van der Waals surface area contributed by atoms with Gasteiger partial charge in [-0.2, -0.15) is 5.10 Å². The summed E-state index contributed by atoms with van der Waals surface area (Å²) in [6.07, 6.45) is 1.96. The van der Waals surface area contributed by atoms with E-state index < -0.39 is 17.5 Å². The topological polar surface area (TPSA) is 109 Å². The Morgan fingerprint density at radius 3 is 2.40 bits per heavy atom. The van der Waals surface area contributed by atoms with Crippen LogP contribution in [0.1, 0.15) is 32.0 Å². The second-order valence-corrected chi connectivity index (χ2v) is 10.4. The molecular formula is C31H29F2N7O2. The molecule has 11 heteroatoms. The number of nitrogens with zero attached hydrogens (tertiary/aromatic N) is 3. The lowest BCUT2D eigenvalue weighted by Gasteiger charge is -2.34. The molecule has 0 radical (unpaired) electrons. The summed E-state index contributed by atoms with van der Waals surface area (Å²) in [5, 5.41) is 13.6. The van der Waals surface area contributed by atoms with Gasteiger partial charge in [-0.15, -0.1) is 0 Å². The van der Waals surface area contributed by atoms with E-state index in [2.05, 4.69) is 42.7 Å². The Morgan fingerprint density at radius 1 is 0.881 bits per heavy atom. The summed E-state index contributed by atoms with van der Waals surface area (Å²) in [5.41, 5.74) is 3.89. The maximum atomic E-state index is 13.7. The standard InChI is InChI=1S/C31H29F2N7O2/c1-39-9-11-40(12-10-39)23-5-6-24(28(18-23)35-31(42)27-3-2-8-34-27)30(41)36-29-25-16-19(4-7-26(25)37-38-29)13-20-14-21(32)17-22(33)15-20/h2-8,14-18,34H,9-13H2,1H3,(H,35,42)(H2,36,37,38,41). The van der Waals surface area contributed by atoms with Crippen LogP contribution in [0.15, 0.2) is 72.9 Å². The summed E-state index contributed by atoms with van der Waals surface area (Å²) in [4.78, 5) is 33.9. The van der Waals surface area contributed by atoms with E-state index in [1.54, 1.807) is 30.5 Å². The number of hydrogen-bond acceptors (Lipinski definition) is 5. The molecule has 0 unspecified atom stereocenters. The minimum atomic E-state index is -0.639. The number of piperazine rings is 1. The maximum absolute atomic E-state index is 13.7. The van der Waals surface area contributed by atoms with E-state index in [0.717, 1.165) is 43.5 Å². The van der Waals surface area contributed by atoms with Gasteiger partial charge in [-0.3, -0.25) is 14.7 Å². The van der Waals surface area contributed by atoms with E-state index in [-0.39, 0.29) is 11.5 Å². The molecule has 0 bridgehead atoms. The van der Waals surface area contributed by atoms with E-state index in [4.69, 9.17) is 0 Å². The van der Waals surface area contributed by atoms with E-state index in [9.17, 15) is 18.4 Å². The number of carbonyl (C=O) groups is 2. The van der Waals surface area contributed by atoms with Gasteiger partial charge in [-0.05, 0) is 79.2 Å². The third kappa shape index (κ3) is 5.86. The van der Waals surface area contributed by atoms with Gasteiger partial charge in [0.15, 0.2) is 5.82 Å². The molecule has 2 amide bonds. The number of H-pyrrole nitrogens is 2. The minimum absolute atomic E-state index is 0.273. The first-order chi connectivity index (χ1) is 20.3. The highest BCUT2D eigenvalue weighted by Crippen LogP contribution is 2.28. The molecule has 0 atom stereocenters. The van der Waals surface area contributed by atoms with Crippen LogP contribution in [-0.4, -0.2) is 65.1 Å². The third-order valence-corrected chi connectivity index (χ3v) is 7.40. The lowest BCUT2D eigenvalue weighted by Crippen LogP contribution is -2.44.